The summed E-state index contributed by atoms with van der Waals surface area (Å²) in [6, 6.07) is 16.5. The summed E-state index contributed by atoms with van der Waals surface area (Å²) in [5.41, 5.74) is 10.2. The van der Waals surface area contributed by atoms with E-state index < -0.39 is 0 Å². The molecule has 0 aromatic heterocycles. The van der Waals surface area contributed by atoms with E-state index in [4.69, 9.17) is 10.5 Å². The lowest BCUT2D eigenvalue weighted by atomic mass is 10.0. The van der Waals surface area contributed by atoms with Crippen molar-refractivity contribution >= 4 is 5.69 Å². The highest BCUT2D eigenvalue weighted by molar-refractivity contribution is 5.65. The fourth-order valence-corrected chi connectivity index (χ4v) is 1.76. The second-order valence-corrected chi connectivity index (χ2v) is 4.06. The molecule has 0 fully saturated rings. The second kappa shape index (κ2) is 5.51. The molecule has 2 N–H and O–H groups in total. The number of ether oxygens (including phenoxy) is 1. The van der Waals surface area contributed by atoms with E-state index in [1.54, 1.807) is 7.11 Å². The van der Waals surface area contributed by atoms with Crippen LogP contribution in [0.4, 0.5) is 5.69 Å². The van der Waals surface area contributed by atoms with Gasteiger partial charge in [0, 0.05) is 12.8 Å². The predicted molar refractivity (Wildman–Crippen MR) is 71.9 cm³/mol. The van der Waals surface area contributed by atoms with Gasteiger partial charge in [0.05, 0.1) is 6.61 Å². The zero-order chi connectivity index (χ0) is 12.1. The van der Waals surface area contributed by atoms with Crippen LogP contribution in [-0.4, -0.2) is 13.7 Å². The van der Waals surface area contributed by atoms with E-state index in [9.17, 15) is 0 Å². The Morgan fingerprint density at radius 3 is 1.94 bits per heavy atom. The summed E-state index contributed by atoms with van der Waals surface area (Å²) < 4.78 is 5.06. The van der Waals surface area contributed by atoms with Gasteiger partial charge in [-0.2, -0.15) is 0 Å². The largest absolute Gasteiger partial charge is 0.399 e. The Hall–Kier alpha value is -1.80. The van der Waals surface area contributed by atoms with E-state index in [1.165, 1.54) is 16.7 Å². The van der Waals surface area contributed by atoms with Gasteiger partial charge in [-0.1, -0.05) is 36.4 Å². The molecule has 0 aliphatic rings. The monoisotopic (exact) mass is 227 g/mol. The van der Waals surface area contributed by atoms with Gasteiger partial charge in [-0.25, -0.2) is 0 Å². The molecule has 0 unspecified atom stereocenters. The normalized spacial score (nSPS) is 10.4. The van der Waals surface area contributed by atoms with Crippen LogP contribution >= 0.6 is 0 Å². The van der Waals surface area contributed by atoms with E-state index >= 15 is 0 Å². The molecule has 2 rings (SSSR count). The Labute approximate surface area is 102 Å². The van der Waals surface area contributed by atoms with Crippen molar-refractivity contribution in [3.05, 3.63) is 54.1 Å². The van der Waals surface area contributed by atoms with Crippen molar-refractivity contribution in [2.75, 3.05) is 19.5 Å². The minimum Gasteiger partial charge on any atom is -0.399 e. The Morgan fingerprint density at radius 1 is 0.882 bits per heavy atom. The molecule has 0 saturated carbocycles. The van der Waals surface area contributed by atoms with Crippen molar-refractivity contribution in [1.82, 2.24) is 0 Å². The highest BCUT2D eigenvalue weighted by Crippen LogP contribution is 2.21. The van der Waals surface area contributed by atoms with Crippen LogP contribution in [0.1, 0.15) is 5.56 Å². The fourth-order valence-electron chi connectivity index (χ4n) is 1.76. The summed E-state index contributed by atoms with van der Waals surface area (Å²) in [5.74, 6) is 0. The molecule has 0 spiro atoms. The van der Waals surface area contributed by atoms with E-state index in [2.05, 4.69) is 24.3 Å². The molecule has 0 aliphatic carbocycles. The average molecular weight is 227 g/mol. The van der Waals surface area contributed by atoms with Crippen molar-refractivity contribution in [2.24, 2.45) is 0 Å². The summed E-state index contributed by atoms with van der Waals surface area (Å²) in [5, 5.41) is 0. The quantitative estimate of drug-likeness (QED) is 0.814. The summed E-state index contributed by atoms with van der Waals surface area (Å²) in [6.45, 7) is 0.765. The molecular weight excluding hydrogens is 210 g/mol. The van der Waals surface area contributed by atoms with E-state index in [0.717, 1.165) is 18.7 Å². The summed E-state index contributed by atoms with van der Waals surface area (Å²) in [4.78, 5) is 0. The van der Waals surface area contributed by atoms with Gasteiger partial charge in [-0.05, 0) is 35.2 Å². The van der Waals surface area contributed by atoms with E-state index in [0.29, 0.717) is 0 Å². The van der Waals surface area contributed by atoms with E-state index in [1.807, 2.05) is 24.3 Å². The molecule has 0 amide bonds. The minimum absolute atomic E-state index is 0.765. The van der Waals surface area contributed by atoms with Crippen LogP contribution in [0.2, 0.25) is 0 Å². The smallest absolute Gasteiger partial charge is 0.0502 e. The number of nitrogen functional groups attached to an aromatic ring is 1. The predicted octanol–water partition coefficient (Wildman–Crippen LogP) is 3.12. The van der Waals surface area contributed by atoms with E-state index in [-0.39, 0.29) is 0 Å². The molecule has 0 bridgehead atoms. The van der Waals surface area contributed by atoms with Gasteiger partial charge in [0.2, 0.25) is 0 Å². The summed E-state index contributed by atoms with van der Waals surface area (Å²) in [6.07, 6.45) is 0.957. The fraction of sp³-hybridized carbons (Fsp3) is 0.200. The maximum absolute atomic E-state index is 5.67. The zero-order valence-electron chi connectivity index (χ0n) is 10.0. The van der Waals surface area contributed by atoms with Crippen molar-refractivity contribution < 1.29 is 4.74 Å². The van der Waals surface area contributed by atoms with Crippen molar-refractivity contribution in [3.8, 4) is 11.1 Å². The first-order chi connectivity index (χ1) is 8.29. The molecular formula is C15H17NO. The topological polar surface area (TPSA) is 35.2 Å². The average Bonchev–Trinajstić information content (AvgIpc) is 2.38. The number of hydrogen-bond acceptors (Lipinski definition) is 2. The Kier molecular flexibility index (Phi) is 3.78. The number of nitrogens with two attached hydrogens (primary N) is 1. The molecule has 0 radical (unpaired) electrons. The van der Waals surface area contributed by atoms with Gasteiger partial charge in [0.1, 0.15) is 0 Å². The Morgan fingerprint density at radius 2 is 1.41 bits per heavy atom. The third kappa shape index (κ3) is 3.08. The Bertz CT molecular complexity index is 459. The van der Waals surface area contributed by atoms with Crippen molar-refractivity contribution in [3.63, 3.8) is 0 Å². The molecule has 0 atom stereocenters. The first-order valence-electron chi connectivity index (χ1n) is 5.73. The number of hydrogen-bond donors (Lipinski definition) is 1. The molecule has 2 aromatic carbocycles. The number of rotatable bonds is 4. The lowest BCUT2D eigenvalue weighted by Crippen LogP contribution is -1.93. The molecule has 0 heterocycles. The maximum Gasteiger partial charge on any atom is 0.0502 e. The van der Waals surface area contributed by atoms with Crippen LogP contribution in [0, 0.1) is 0 Å². The van der Waals surface area contributed by atoms with Crippen LogP contribution in [-0.2, 0) is 11.2 Å². The third-order valence-electron chi connectivity index (χ3n) is 2.79. The SMILES string of the molecule is COCCc1ccc(-c2ccc(N)cc2)cc1. The minimum atomic E-state index is 0.765. The first-order valence-corrected chi connectivity index (χ1v) is 5.73. The van der Waals surface area contributed by atoms with Crippen LogP contribution in [0.15, 0.2) is 48.5 Å². The maximum atomic E-state index is 5.67. The van der Waals surface area contributed by atoms with Gasteiger partial charge >= 0.3 is 0 Å². The molecule has 0 saturated heterocycles. The number of anilines is 1. The van der Waals surface area contributed by atoms with Crippen LogP contribution in [0.25, 0.3) is 11.1 Å². The number of methoxy groups -OCH3 is 1. The Balaban J connectivity index is 2.14. The molecule has 2 aromatic rings. The summed E-state index contributed by atoms with van der Waals surface area (Å²) >= 11 is 0. The standard InChI is InChI=1S/C15H17NO/c1-17-11-10-12-2-4-13(5-3-12)14-6-8-15(16)9-7-14/h2-9H,10-11,16H2,1H3. The van der Waals surface area contributed by atoms with Crippen LogP contribution in [0.3, 0.4) is 0 Å². The molecule has 0 aliphatic heterocycles. The molecule has 2 nitrogen and oxygen atoms in total. The highest BCUT2D eigenvalue weighted by atomic mass is 16.5. The first kappa shape index (κ1) is 11.7. The highest BCUT2D eigenvalue weighted by Gasteiger charge is 1.98. The van der Waals surface area contributed by atoms with Crippen LogP contribution in [0.5, 0.6) is 0 Å². The lowest BCUT2D eigenvalue weighted by molar-refractivity contribution is 0.202. The third-order valence-corrected chi connectivity index (χ3v) is 2.79. The number of benzene rings is 2. The van der Waals surface area contributed by atoms with Gasteiger partial charge in [-0.15, -0.1) is 0 Å². The van der Waals surface area contributed by atoms with Crippen molar-refractivity contribution in [1.29, 1.82) is 0 Å². The van der Waals surface area contributed by atoms with Gasteiger partial charge in [0.25, 0.3) is 0 Å². The van der Waals surface area contributed by atoms with Crippen molar-refractivity contribution in [2.45, 2.75) is 6.42 Å². The lowest BCUT2D eigenvalue weighted by Gasteiger charge is -2.04. The summed E-state index contributed by atoms with van der Waals surface area (Å²) in [7, 11) is 1.72. The molecule has 88 valence electrons. The van der Waals surface area contributed by atoms with Gasteiger partial charge < -0.3 is 10.5 Å². The van der Waals surface area contributed by atoms with Gasteiger partial charge in [-0.3, -0.25) is 0 Å². The second-order valence-electron chi connectivity index (χ2n) is 4.06. The molecule has 2 heteroatoms. The van der Waals surface area contributed by atoms with Crippen LogP contribution < -0.4 is 5.73 Å². The zero-order valence-corrected chi connectivity index (χ0v) is 10.0. The van der Waals surface area contributed by atoms with Gasteiger partial charge in [0.15, 0.2) is 0 Å². The molecule has 17 heavy (non-hydrogen) atoms.